The monoisotopic (exact) mass is 423 g/mol. The largest absolute Gasteiger partial charge is 0.449 e. The van der Waals surface area contributed by atoms with E-state index in [1.165, 1.54) is 29.1 Å². The molecule has 4 aromatic rings. The van der Waals surface area contributed by atoms with Crippen molar-refractivity contribution in [2.45, 2.75) is 11.8 Å². The van der Waals surface area contributed by atoms with Crippen LogP contribution in [0.15, 0.2) is 76.4 Å². The Morgan fingerprint density at radius 2 is 1.77 bits per heavy atom. The number of primary amides is 1. The Hall–Kier alpha value is -3.92. The number of nitrogens with one attached hydrogen (secondary N) is 1. The predicted molar refractivity (Wildman–Crippen MR) is 110 cm³/mol. The van der Waals surface area contributed by atoms with Gasteiger partial charge in [0.1, 0.15) is 17.7 Å². The van der Waals surface area contributed by atoms with Crippen molar-refractivity contribution in [1.29, 1.82) is 0 Å². The number of hydrogen-bond acceptors (Lipinski definition) is 6. The van der Waals surface area contributed by atoms with Gasteiger partial charge < -0.3 is 10.2 Å². The van der Waals surface area contributed by atoms with Crippen molar-refractivity contribution in [2.24, 2.45) is 5.73 Å². The highest BCUT2D eigenvalue weighted by molar-refractivity contribution is 7.92. The van der Waals surface area contributed by atoms with Gasteiger partial charge >= 0.3 is 0 Å². The molecule has 0 aliphatic heterocycles. The number of hydrogen-bond donors (Lipinski definition) is 2. The average Bonchev–Trinajstić information content (AvgIpc) is 3.38. The van der Waals surface area contributed by atoms with Crippen molar-refractivity contribution in [3.63, 3.8) is 0 Å². The third-order valence-corrected chi connectivity index (χ3v) is 5.70. The van der Waals surface area contributed by atoms with Crippen molar-refractivity contribution >= 4 is 21.6 Å². The minimum absolute atomic E-state index is 0.119. The summed E-state index contributed by atoms with van der Waals surface area (Å²) in [5.74, 6) is -0.0874. The van der Waals surface area contributed by atoms with E-state index in [9.17, 15) is 13.2 Å². The highest BCUT2D eigenvalue weighted by Gasteiger charge is 2.15. The van der Waals surface area contributed by atoms with Gasteiger partial charge in [0.2, 0.25) is 0 Å². The zero-order valence-electron chi connectivity index (χ0n) is 15.8. The molecular weight excluding hydrogens is 406 g/mol. The predicted octanol–water partition coefficient (Wildman–Crippen LogP) is 2.74. The van der Waals surface area contributed by atoms with Crippen molar-refractivity contribution < 1.29 is 17.6 Å². The summed E-state index contributed by atoms with van der Waals surface area (Å²) in [5, 5.41) is 4.06. The van der Waals surface area contributed by atoms with Crippen LogP contribution in [-0.4, -0.2) is 29.1 Å². The Kier molecular flexibility index (Phi) is 4.84. The summed E-state index contributed by atoms with van der Waals surface area (Å²) in [6, 6.07) is 14.4. The van der Waals surface area contributed by atoms with E-state index in [1.54, 1.807) is 49.5 Å². The SMILES string of the molecule is Cc1nc(-c2ccc(S(=O)(=O)Nc3ccc(-n4ccc(C(N)=O)n4)cc3)cc2)co1. The summed E-state index contributed by atoms with van der Waals surface area (Å²) >= 11 is 0. The Balaban J connectivity index is 1.50. The minimum atomic E-state index is -3.77. The number of amides is 1. The van der Waals surface area contributed by atoms with Gasteiger partial charge in [0, 0.05) is 24.4 Å². The number of benzene rings is 2. The second-order valence-electron chi connectivity index (χ2n) is 6.44. The maximum absolute atomic E-state index is 12.7. The van der Waals surface area contributed by atoms with Crippen LogP contribution in [0.4, 0.5) is 5.69 Å². The number of nitrogens with zero attached hydrogens (tertiary/aromatic N) is 3. The Morgan fingerprint density at radius 1 is 1.07 bits per heavy atom. The average molecular weight is 423 g/mol. The van der Waals surface area contributed by atoms with Crippen LogP contribution in [-0.2, 0) is 10.0 Å². The van der Waals surface area contributed by atoms with E-state index >= 15 is 0 Å². The van der Waals surface area contributed by atoms with E-state index in [0.29, 0.717) is 23.0 Å². The quantitative estimate of drug-likeness (QED) is 0.490. The van der Waals surface area contributed by atoms with Gasteiger partial charge in [-0.15, -0.1) is 0 Å². The standard InChI is InChI=1S/C20H17N5O4S/c1-13-22-19(12-29-13)14-2-8-17(9-3-14)30(27,28)24-15-4-6-16(7-5-15)25-11-10-18(23-25)20(21)26/h2-12,24H,1H3,(H2,21,26). The lowest BCUT2D eigenvalue weighted by Crippen LogP contribution is -2.13. The smallest absolute Gasteiger partial charge is 0.269 e. The van der Waals surface area contributed by atoms with Crippen LogP contribution in [0.1, 0.15) is 16.4 Å². The molecule has 2 aromatic heterocycles. The number of sulfonamides is 1. The van der Waals surface area contributed by atoms with E-state index in [1.807, 2.05) is 0 Å². The van der Waals surface area contributed by atoms with Gasteiger partial charge in [-0.2, -0.15) is 5.10 Å². The van der Waals surface area contributed by atoms with Gasteiger partial charge in [-0.25, -0.2) is 18.1 Å². The van der Waals surface area contributed by atoms with Crippen molar-refractivity contribution in [2.75, 3.05) is 4.72 Å². The molecule has 0 saturated carbocycles. The first kappa shape index (κ1) is 19.4. The Bertz CT molecular complexity index is 1310. The van der Waals surface area contributed by atoms with Crippen molar-refractivity contribution in [1.82, 2.24) is 14.8 Å². The maximum Gasteiger partial charge on any atom is 0.269 e. The number of aromatic nitrogens is 3. The third-order valence-electron chi connectivity index (χ3n) is 4.30. The molecule has 152 valence electrons. The molecule has 0 spiro atoms. The van der Waals surface area contributed by atoms with Crippen molar-refractivity contribution in [3.05, 3.63) is 78.6 Å². The van der Waals surface area contributed by atoms with E-state index in [-0.39, 0.29) is 10.6 Å². The van der Waals surface area contributed by atoms with E-state index in [0.717, 1.165) is 5.56 Å². The molecule has 2 aromatic carbocycles. The topological polar surface area (TPSA) is 133 Å². The summed E-state index contributed by atoms with van der Waals surface area (Å²) in [7, 11) is -3.77. The summed E-state index contributed by atoms with van der Waals surface area (Å²) in [6.45, 7) is 1.74. The fourth-order valence-electron chi connectivity index (χ4n) is 2.80. The molecule has 0 saturated heterocycles. The molecule has 1 amide bonds. The lowest BCUT2D eigenvalue weighted by atomic mass is 10.2. The first-order valence-electron chi connectivity index (χ1n) is 8.83. The van der Waals surface area contributed by atoms with Crippen LogP contribution in [0, 0.1) is 6.92 Å². The number of oxazole rings is 1. The van der Waals surface area contributed by atoms with Crippen LogP contribution in [0.3, 0.4) is 0 Å². The van der Waals surface area contributed by atoms with Crippen LogP contribution in [0.25, 0.3) is 16.9 Å². The zero-order chi connectivity index (χ0) is 21.3. The van der Waals surface area contributed by atoms with E-state index in [2.05, 4.69) is 14.8 Å². The second kappa shape index (κ2) is 7.48. The molecule has 3 N–H and O–H groups in total. The Morgan fingerprint density at radius 3 is 2.33 bits per heavy atom. The number of nitrogens with two attached hydrogens (primary N) is 1. The van der Waals surface area contributed by atoms with Gasteiger partial charge in [0.05, 0.1) is 10.6 Å². The third kappa shape index (κ3) is 3.94. The molecular formula is C20H17N5O4S. The molecule has 0 bridgehead atoms. The summed E-state index contributed by atoms with van der Waals surface area (Å²) in [4.78, 5) is 15.5. The highest BCUT2D eigenvalue weighted by atomic mass is 32.2. The van der Waals surface area contributed by atoms with Gasteiger partial charge in [-0.05, 0) is 42.5 Å². The van der Waals surface area contributed by atoms with Gasteiger partial charge in [0.15, 0.2) is 5.89 Å². The molecule has 0 fully saturated rings. The number of anilines is 1. The fraction of sp³-hybridized carbons (Fsp3) is 0.0500. The van der Waals surface area contributed by atoms with Crippen LogP contribution < -0.4 is 10.5 Å². The number of carbonyl (C=O) groups excluding carboxylic acids is 1. The molecule has 0 unspecified atom stereocenters. The lowest BCUT2D eigenvalue weighted by Gasteiger charge is -2.09. The zero-order valence-corrected chi connectivity index (χ0v) is 16.6. The second-order valence-corrected chi connectivity index (χ2v) is 8.12. The molecule has 10 heteroatoms. The molecule has 9 nitrogen and oxygen atoms in total. The number of carbonyl (C=O) groups is 1. The first-order chi connectivity index (χ1) is 14.3. The molecule has 4 rings (SSSR count). The molecule has 0 atom stereocenters. The normalized spacial score (nSPS) is 11.4. The van der Waals surface area contributed by atoms with Gasteiger partial charge in [-0.1, -0.05) is 12.1 Å². The summed E-state index contributed by atoms with van der Waals surface area (Å²) < 4.78 is 34.5. The Labute approximate surface area is 172 Å². The van der Waals surface area contributed by atoms with Crippen molar-refractivity contribution in [3.8, 4) is 16.9 Å². The molecule has 30 heavy (non-hydrogen) atoms. The number of aryl methyl sites for hydroxylation is 1. The van der Waals surface area contributed by atoms with Gasteiger partial charge in [-0.3, -0.25) is 9.52 Å². The highest BCUT2D eigenvalue weighted by Crippen LogP contribution is 2.23. The molecule has 2 heterocycles. The lowest BCUT2D eigenvalue weighted by molar-refractivity contribution is 0.0995. The van der Waals surface area contributed by atoms with Crippen LogP contribution in [0.2, 0.25) is 0 Å². The molecule has 0 radical (unpaired) electrons. The first-order valence-corrected chi connectivity index (χ1v) is 10.3. The van der Waals surface area contributed by atoms with E-state index < -0.39 is 15.9 Å². The fourth-order valence-corrected chi connectivity index (χ4v) is 3.85. The van der Waals surface area contributed by atoms with E-state index in [4.69, 9.17) is 10.2 Å². The minimum Gasteiger partial charge on any atom is -0.449 e. The number of rotatable bonds is 6. The summed E-state index contributed by atoms with van der Waals surface area (Å²) in [6.07, 6.45) is 3.11. The summed E-state index contributed by atoms with van der Waals surface area (Å²) in [5.41, 5.74) is 7.77. The molecule has 0 aliphatic carbocycles. The van der Waals surface area contributed by atoms with Gasteiger partial charge in [0.25, 0.3) is 15.9 Å². The van der Waals surface area contributed by atoms with Crippen LogP contribution >= 0.6 is 0 Å². The van der Waals surface area contributed by atoms with Crippen LogP contribution in [0.5, 0.6) is 0 Å². The maximum atomic E-state index is 12.7. The molecule has 0 aliphatic rings.